The molecule has 0 aliphatic rings. The first-order valence-corrected chi connectivity index (χ1v) is 7.68. The van der Waals surface area contributed by atoms with Crippen LogP contribution in [0.2, 0.25) is 0 Å². The summed E-state index contributed by atoms with van der Waals surface area (Å²) in [6, 6.07) is 1.50. The molecule has 0 amide bonds. The van der Waals surface area contributed by atoms with E-state index >= 15 is 0 Å². The van der Waals surface area contributed by atoms with Gasteiger partial charge in [0.05, 0.1) is 23.4 Å². The molecule has 2 aromatic heterocycles. The van der Waals surface area contributed by atoms with Crippen molar-refractivity contribution in [1.29, 1.82) is 0 Å². The van der Waals surface area contributed by atoms with Gasteiger partial charge < -0.3 is 5.43 Å². The summed E-state index contributed by atoms with van der Waals surface area (Å²) in [5.41, 5.74) is 5.02. The van der Waals surface area contributed by atoms with Gasteiger partial charge in [0, 0.05) is 24.8 Å². The maximum atomic E-state index is 12.4. The zero-order valence-electron chi connectivity index (χ0n) is 10.1. The van der Waals surface area contributed by atoms with Crippen molar-refractivity contribution in [2.24, 2.45) is 5.84 Å². The van der Waals surface area contributed by atoms with Gasteiger partial charge in [0.15, 0.2) is 0 Å². The predicted octanol–water partition coefficient (Wildman–Crippen LogP) is 0.644. The summed E-state index contributed by atoms with van der Waals surface area (Å²) >= 11 is 1.42. The number of sulfonamides is 1. The second-order valence-electron chi connectivity index (χ2n) is 3.76. The second-order valence-corrected chi connectivity index (χ2v) is 6.49. The molecular formula is C10H13N5O2S2. The third-order valence-electron chi connectivity index (χ3n) is 2.50. The largest absolute Gasteiger partial charge is 0.323 e. The van der Waals surface area contributed by atoms with Gasteiger partial charge in [-0.25, -0.2) is 13.4 Å². The minimum Gasteiger partial charge on any atom is -0.323 e. The number of hydrogen-bond donors (Lipinski definition) is 2. The van der Waals surface area contributed by atoms with Crippen LogP contribution in [0.15, 0.2) is 34.2 Å². The molecule has 3 N–H and O–H groups in total. The number of nitrogens with zero attached hydrogens (tertiary/aromatic N) is 3. The van der Waals surface area contributed by atoms with Crippen molar-refractivity contribution >= 4 is 27.0 Å². The van der Waals surface area contributed by atoms with Gasteiger partial charge in [-0.2, -0.15) is 4.31 Å². The molecule has 0 atom stereocenters. The Hall–Kier alpha value is -1.55. The Morgan fingerprint density at radius 3 is 2.95 bits per heavy atom. The molecule has 102 valence electrons. The number of nitrogen functional groups attached to an aromatic ring is 1. The monoisotopic (exact) mass is 299 g/mol. The summed E-state index contributed by atoms with van der Waals surface area (Å²) in [5.74, 6) is 5.31. The quantitative estimate of drug-likeness (QED) is 0.621. The van der Waals surface area contributed by atoms with Crippen LogP contribution in [0.25, 0.3) is 0 Å². The fourth-order valence-electron chi connectivity index (χ4n) is 1.50. The van der Waals surface area contributed by atoms with E-state index < -0.39 is 10.0 Å². The SMILES string of the molecule is CN(Cc1cscn1)S(=O)(=O)c1cnccc1NN. The van der Waals surface area contributed by atoms with Gasteiger partial charge in [0.1, 0.15) is 4.90 Å². The highest BCUT2D eigenvalue weighted by atomic mass is 32.2. The minimum atomic E-state index is -3.66. The van der Waals surface area contributed by atoms with Gasteiger partial charge in [0.2, 0.25) is 10.0 Å². The van der Waals surface area contributed by atoms with E-state index in [1.807, 2.05) is 0 Å². The number of pyridine rings is 1. The highest BCUT2D eigenvalue weighted by Crippen LogP contribution is 2.22. The lowest BCUT2D eigenvalue weighted by Gasteiger charge is -2.17. The van der Waals surface area contributed by atoms with Gasteiger partial charge in [-0.15, -0.1) is 11.3 Å². The van der Waals surface area contributed by atoms with E-state index in [4.69, 9.17) is 5.84 Å². The molecule has 2 aromatic rings. The number of hydrazine groups is 1. The first kappa shape index (κ1) is 13.9. The molecule has 0 aromatic carbocycles. The van der Waals surface area contributed by atoms with E-state index in [1.165, 1.54) is 41.1 Å². The summed E-state index contributed by atoms with van der Waals surface area (Å²) in [6.45, 7) is 0.199. The molecule has 0 aliphatic heterocycles. The van der Waals surface area contributed by atoms with E-state index in [2.05, 4.69) is 15.4 Å². The van der Waals surface area contributed by atoms with E-state index in [0.717, 1.165) is 0 Å². The molecule has 0 aliphatic carbocycles. The van der Waals surface area contributed by atoms with Crippen LogP contribution in [0.1, 0.15) is 5.69 Å². The Morgan fingerprint density at radius 1 is 1.53 bits per heavy atom. The number of rotatable bonds is 5. The van der Waals surface area contributed by atoms with Crippen molar-refractivity contribution < 1.29 is 8.42 Å². The van der Waals surface area contributed by atoms with E-state index in [1.54, 1.807) is 10.9 Å². The van der Waals surface area contributed by atoms with Crippen molar-refractivity contribution in [3.63, 3.8) is 0 Å². The summed E-state index contributed by atoms with van der Waals surface area (Å²) in [5, 5.41) is 1.80. The summed E-state index contributed by atoms with van der Waals surface area (Å²) < 4.78 is 26.0. The molecule has 2 rings (SSSR count). The van der Waals surface area contributed by atoms with E-state index in [-0.39, 0.29) is 11.4 Å². The summed E-state index contributed by atoms with van der Waals surface area (Å²) in [4.78, 5) is 7.92. The first-order chi connectivity index (χ1) is 9.05. The lowest BCUT2D eigenvalue weighted by atomic mass is 10.4. The van der Waals surface area contributed by atoms with Gasteiger partial charge in [-0.3, -0.25) is 10.8 Å². The molecule has 0 saturated carbocycles. The molecule has 0 fully saturated rings. The molecule has 0 radical (unpaired) electrons. The number of thiazole rings is 1. The van der Waals surface area contributed by atoms with Gasteiger partial charge in [0.25, 0.3) is 0 Å². The maximum Gasteiger partial charge on any atom is 0.246 e. The zero-order valence-corrected chi connectivity index (χ0v) is 11.8. The lowest BCUT2D eigenvalue weighted by Crippen LogP contribution is -2.28. The fourth-order valence-corrected chi connectivity index (χ4v) is 3.29. The standard InChI is InChI=1S/C10H13N5O2S2/c1-15(5-8-6-18-7-13-8)19(16,17)10-4-12-3-2-9(10)14-11/h2-4,6-7H,5,11H2,1H3,(H,12,14). The third-order valence-corrected chi connectivity index (χ3v) is 4.96. The Labute approximate surface area is 115 Å². The van der Waals surface area contributed by atoms with Crippen LogP contribution < -0.4 is 11.3 Å². The van der Waals surface area contributed by atoms with Crippen LogP contribution in [0.5, 0.6) is 0 Å². The van der Waals surface area contributed by atoms with Crippen molar-refractivity contribution in [2.75, 3.05) is 12.5 Å². The normalized spacial score (nSPS) is 11.7. The maximum absolute atomic E-state index is 12.4. The zero-order chi connectivity index (χ0) is 13.9. The molecular weight excluding hydrogens is 286 g/mol. The van der Waals surface area contributed by atoms with Crippen LogP contribution in [-0.2, 0) is 16.6 Å². The molecule has 9 heteroatoms. The predicted molar refractivity (Wildman–Crippen MR) is 72.8 cm³/mol. The number of hydrogen-bond acceptors (Lipinski definition) is 7. The number of aromatic nitrogens is 2. The molecule has 2 heterocycles. The molecule has 0 saturated heterocycles. The molecule has 0 unspecified atom stereocenters. The minimum absolute atomic E-state index is 0.0372. The third kappa shape index (κ3) is 2.89. The topological polar surface area (TPSA) is 101 Å². The van der Waals surface area contributed by atoms with E-state index in [9.17, 15) is 8.42 Å². The van der Waals surface area contributed by atoms with Crippen LogP contribution in [0.3, 0.4) is 0 Å². The lowest BCUT2D eigenvalue weighted by molar-refractivity contribution is 0.463. The van der Waals surface area contributed by atoms with Crippen LogP contribution in [-0.4, -0.2) is 29.7 Å². The van der Waals surface area contributed by atoms with Crippen LogP contribution >= 0.6 is 11.3 Å². The van der Waals surface area contributed by atoms with Gasteiger partial charge in [-0.05, 0) is 6.07 Å². The van der Waals surface area contributed by atoms with Crippen molar-refractivity contribution in [2.45, 2.75) is 11.4 Å². The number of nitrogens with one attached hydrogen (secondary N) is 1. The molecule has 0 spiro atoms. The number of nitrogens with two attached hydrogens (primary N) is 1. The Balaban J connectivity index is 2.31. The Bertz CT molecular complexity index is 642. The van der Waals surface area contributed by atoms with E-state index in [0.29, 0.717) is 11.4 Å². The van der Waals surface area contributed by atoms with Gasteiger partial charge >= 0.3 is 0 Å². The fraction of sp³-hybridized carbons (Fsp3) is 0.200. The molecule has 7 nitrogen and oxygen atoms in total. The Morgan fingerprint density at radius 2 is 2.32 bits per heavy atom. The van der Waals surface area contributed by atoms with Crippen molar-refractivity contribution in [3.8, 4) is 0 Å². The van der Waals surface area contributed by atoms with Crippen LogP contribution in [0.4, 0.5) is 5.69 Å². The van der Waals surface area contributed by atoms with Gasteiger partial charge in [-0.1, -0.05) is 0 Å². The number of anilines is 1. The summed E-state index contributed by atoms with van der Waals surface area (Å²) in [7, 11) is -2.18. The smallest absolute Gasteiger partial charge is 0.246 e. The van der Waals surface area contributed by atoms with Crippen LogP contribution in [0, 0.1) is 0 Å². The highest BCUT2D eigenvalue weighted by molar-refractivity contribution is 7.89. The van der Waals surface area contributed by atoms with Crippen molar-refractivity contribution in [1.82, 2.24) is 14.3 Å². The second kappa shape index (κ2) is 5.61. The average molecular weight is 299 g/mol. The highest BCUT2D eigenvalue weighted by Gasteiger charge is 2.24. The van der Waals surface area contributed by atoms with Crippen molar-refractivity contribution in [3.05, 3.63) is 35.0 Å². The average Bonchev–Trinajstić information content (AvgIpc) is 2.91. The molecule has 19 heavy (non-hydrogen) atoms. The first-order valence-electron chi connectivity index (χ1n) is 5.29. The summed E-state index contributed by atoms with van der Waals surface area (Å²) in [6.07, 6.45) is 2.73. The molecule has 0 bridgehead atoms. The Kier molecular flexibility index (Phi) is 4.10.